The Hall–Kier alpha value is -2.35. The summed E-state index contributed by atoms with van der Waals surface area (Å²) in [6.07, 6.45) is 0. The zero-order valence-electron chi connectivity index (χ0n) is 14.4. The fourth-order valence-electron chi connectivity index (χ4n) is 2.84. The summed E-state index contributed by atoms with van der Waals surface area (Å²) >= 11 is 0.270. The Morgan fingerprint density at radius 1 is 0.920 bits per heavy atom. The maximum absolute atomic E-state index is 12.3. The van der Waals surface area contributed by atoms with Gasteiger partial charge in [-0.05, 0) is 0 Å². The first-order valence-corrected chi connectivity index (χ1v) is 10.2. The molecule has 0 aliphatic rings. The quantitative estimate of drug-likeness (QED) is 0.483. The third-order valence-corrected chi connectivity index (χ3v) is 6.28. The van der Waals surface area contributed by atoms with Gasteiger partial charge in [-0.3, -0.25) is 0 Å². The van der Waals surface area contributed by atoms with Crippen LogP contribution in [0.1, 0.15) is 21.5 Å². The maximum atomic E-state index is 12.3. The number of benzene rings is 3. The van der Waals surface area contributed by atoms with Gasteiger partial charge in [-0.15, -0.1) is 0 Å². The second-order valence-electron chi connectivity index (χ2n) is 5.79. The number of ether oxygens (including phenoxy) is 1. The number of hydrogen-bond acceptors (Lipinski definition) is 2. The average molecular weight is 395 g/mol. The molecule has 0 spiro atoms. The van der Waals surface area contributed by atoms with Gasteiger partial charge in [0, 0.05) is 0 Å². The summed E-state index contributed by atoms with van der Waals surface area (Å²) in [5, 5.41) is 0.864. The number of methoxy groups -OCH3 is 1. The summed E-state index contributed by atoms with van der Waals surface area (Å²) in [6, 6.07) is 24.9. The van der Waals surface area contributed by atoms with Gasteiger partial charge in [0.1, 0.15) is 0 Å². The van der Waals surface area contributed by atoms with E-state index in [-0.39, 0.29) is 20.9 Å². The first-order valence-electron chi connectivity index (χ1n) is 8.14. The summed E-state index contributed by atoms with van der Waals surface area (Å²) in [6.45, 7) is 1.98. The molecule has 0 aromatic heterocycles. The van der Waals surface area contributed by atoms with Crippen LogP contribution in [0.25, 0.3) is 11.1 Å². The predicted molar refractivity (Wildman–Crippen MR) is 103 cm³/mol. The molecular weight excluding hydrogens is 375 g/mol. The minimum absolute atomic E-state index is 0.254. The van der Waals surface area contributed by atoms with Crippen molar-refractivity contribution in [2.75, 3.05) is 7.11 Å². The monoisotopic (exact) mass is 396 g/mol. The van der Waals surface area contributed by atoms with Crippen molar-refractivity contribution in [3.05, 3.63) is 89.5 Å². The van der Waals surface area contributed by atoms with Crippen molar-refractivity contribution in [2.24, 2.45) is 0 Å². The fourth-order valence-corrected chi connectivity index (χ4v) is 4.73. The van der Waals surface area contributed by atoms with Gasteiger partial charge in [0.2, 0.25) is 0 Å². The van der Waals surface area contributed by atoms with Gasteiger partial charge in [-0.1, -0.05) is 0 Å². The van der Waals surface area contributed by atoms with E-state index in [0.717, 1.165) is 27.6 Å². The van der Waals surface area contributed by atoms with E-state index in [1.165, 1.54) is 11.6 Å². The van der Waals surface area contributed by atoms with E-state index in [1.807, 2.05) is 31.2 Å². The van der Waals surface area contributed by atoms with Crippen LogP contribution in [-0.2, 0) is 10.1 Å². The van der Waals surface area contributed by atoms with E-state index in [2.05, 4.69) is 48.5 Å². The topological polar surface area (TPSA) is 26.3 Å². The molecule has 0 atom stereocenters. The van der Waals surface area contributed by atoms with Crippen LogP contribution in [0.5, 0.6) is 0 Å². The van der Waals surface area contributed by atoms with Crippen LogP contribution in [0.15, 0.2) is 72.8 Å². The van der Waals surface area contributed by atoms with E-state index < -0.39 is 0 Å². The molecular formula is C22H20O2Se. The molecule has 25 heavy (non-hydrogen) atoms. The molecule has 0 amide bonds. The van der Waals surface area contributed by atoms with E-state index in [0.29, 0.717) is 5.56 Å². The Kier molecular flexibility index (Phi) is 5.70. The van der Waals surface area contributed by atoms with E-state index in [9.17, 15) is 4.79 Å². The summed E-state index contributed by atoms with van der Waals surface area (Å²) in [5.74, 6) is -0.254. The first kappa shape index (κ1) is 17.5. The molecule has 0 bridgehead atoms. The molecule has 0 aliphatic carbocycles. The van der Waals surface area contributed by atoms with Crippen molar-refractivity contribution in [3.63, 3.8) is 0 Å². The molecule has 3 aromatic rings. The second kappa shape index (κ2) is 8.15. The number of hydrogen-bond donors (Lipinski definition) is 0. The van der Waals surface area contributed by atoms with E-state index >= 15 is 0 Å². The van der Waals surface area contributed by atoms with Crippen molar-refractivity contribution in [1.82, 2.24) is 0 Å². The van der Waals surface area contributed by atoms with Crippen LogP contribution in [0, 0.1) is 6.92 Å². The molecule has 2 nitrogen and oxygen atoms in total. The molecule has 3 aromatic carbocycles. The van der Waals surface area contributed by atoms with E-state index in [4.69, 9.17) is 4.74 Å². The van der Waals surface area contributed by atoms with Gasteiger partial charge in [0.25, 0.3) is 0 Å². The van der Waals surface area contributed by atoms with Crippen LogP contribution in [0.4, 0.5) is 0 Å². The number of rotatable bonds is 5. The van der Waals surface area contributed by atoms with Crippen molar-refractivity contribution in [3.8, 4) is 11.1 Å². The Bertz CT molecular complexity index is 858. The van der Waals surface area contributed by atoms with Gasteiger partial charge in [0.05, 0.1) is 0 Å². The van der Waals surface area contributed by atoms with Crippen molar-refractivity contribution < 1.29 is 9.53 Å². The Morgan fingerprint density at radius 2 is 1.56 bits per heavy atom. The zero-order chi connectivity index (χ0) is 17.6. The van der Waals surface area contributed by atoms with Crippen LogP contribution < -0.4 is 4.46 Å². The van der Waals surface area contributed by atoms with Gasteiger partial charge in [0.15, 0.2) is 0 Å². The molecule has 0 N–H and O–H groups in total. The minimum atomic E-state index is -0.254. The third-order valence-electron chi connectivity index (χ3n) is 4.05. The molecule has 126 valence electrons. The molecule has 0 radical (unpaired) electrons. The first-order chi connectivity index (χ1) is 12.2. The summed E-state index contributed by atoms with van der Waals surface area (Å²) < 4.78 is 6.35. The van der Waals surface area contributed by atoms with Crippen molar-refractivity contribution in [2.45, 2.75) is 12.2 Å². The standard InChI is InChI=1S/C22H20O2Se/c1-16-13-18(17-9-5-3-6-10-17)14-19(21(16)22(23)24-2)15-25-20-11-7-4-8-12-20/h3-14H,15H2,1-2H3. The number of carbonyl (C=O) groups is 1. The van der Waals surface area contributed by atoms with Gasteiger partial charge < -0.3 is 0 Å². The number of carbonyl (C=O) groups excluding carboxylic acids is 1. The summed E-state index contributed by atoms with van der Waals surface area (Å²) in [4.78, 5) is 12.3. The number of esters is 1. The molecule has 0 saturated carbocycles. The molecule has 0 aliphatic heterocycles. The molecule has 0 unspecified atom stereocenters. The SMILES string of the molecule is COC(=O)c1c(C)cc(-c2ccccc2)cc1C[Se]c1ccccc1. The zero-order valence-corrected chi connectivity index (χ0v) is 16.1. The van der Waals surface area contributed by atoms with E-state index in [1.54, 1.807) is 0 Å². The molecule has 0 heterocycles. The van der Waals surface area contributed by atoms with Crippen LogP contribution in [-0.4, -0.2) is 28.0 Å². The Morgan fingerprint density at radius 3 is 2.20 bits per heavy atom. The molecule has 3 heteroatoms. The van der Waals surface area contributed by atoms with Gasteiger partial charge in [-0.25, -0.2) is 0 Å². The fraction of sp³-hybridized carbons (Fsp3) is 0.136. The number of aryl methyl sites for hydroxylation is 1. The van der Waals surface area contributed by atoms with Crippen molar-refractivity contribution >= 4 is 25.4 Å². The molecule has 0 fully saturated rings. The third kappa shape index (κ3) is 4.19. The van der Waals surface area contributed by atoms with Gasteiger partial charge in [-0.2, -0.15) is 0 Å². The molecule has 0 saturated heterocycles. The van der Waals surface area contributed by atoms with Crippen molar-refractivity contribution in [1.29, 1.82) is 0 Å². The Balaban J connectivity index is 2.00. The average Bonchev–Trinajstić information content (AvgIpc) is 2.67. The second-order valence-corrected chi connectivity index (χ2v) is 7.99. The van der Waals surface area contributed by atoms with Crippen LogP contribution >= 0.6 is 0 Å². The summed E-state index contributed by atoms with van der Waals surface area (Å²) in [7, 11) is 1.44. The van der Waals surface area contributed by atoms with Gasteiger partial charge >= 0.3 is 155 Å². The normalized spacial score (nSPS) is 10.5. The molecule has 3 rings (SSSR count). The van der Waals surface area contributed by atoms with Crippen LogP contribution in [0.3, 0.4) is 0 Å². The predicted octanol–water partition coefficient (Wildman–Crippen LogP) is 3.98. The van der Waals surface area contributed by atoms with Crippen LogP contribution in [0.2, 0.25) is 0 Å². The Labute approximate surface area is 155 Å². The summed E-state index contributed by atoms with van der Waals surface area (Å²) in [5.41, 5.74) is 5.04.